The van der Waals surface area contributed by atoms with Crippen LogP contribution in [0.3, 0.4) is 0 Å². The summed E-state index contributed by atoms with van der Waals surface area (Å²) in [7, 11) is 0. The summed E-state index contributed by atoms with van der Waals surface area (Å²) in [6.45, 7) is 1.31. The average molecular weight is 349 g/mol. The van der Waals surface area contributed by atoms with Crippen LogP contribution < -0.4 is 5.32 Å². The first-order valence-corrected chi connectivity index (χ1v) is 9.32. The monoisotopic (exact) mass is 349 g/mol. The van der Waals surface area contributed by atoms with Crippen molar-refractivity contribution in [1.82, 2.24) is 9.88 Å². The number of piperidine rings is 1. The maximum Gasteiger partial charge on any atom is 0.230 e. The number of hydrogen-bond acceptors (Lipinski definition) is 3. The summed E-state index contributed by atoms with van der Waals surface area (Å²) in [4.78, 5) is 31.1. The summed E-state index contributed by atoms with van der Waals surface area (Å²) in [5.41, 5.74) is 2.11. The number of aromatic nitrogens is 1. The number of nitrogens with zero attached hydrogens (tertiary/aromatic N) is 2. The number of anilines is 1. The Morgan fingerprint density at radius 1 is 0.962 bits per heavy atom. The standard InChI is InChI=1S/C21H23N3O2/c25-20(18-7-4-12-24(14-18)21(26)16-8-9-16)23-19-11-10-17(13-22-19)15-5-2-1-3-6-15/h1-3,5-6,10-11,13,16,18H,4,7-9,12,14H2,(H,22,23,25). The molecular weight excluding hydrogens is 326 g/mol. The van der Waals surface area contributed by atoms with Crippen molar-refractivity contribution in [2.75, 3.05) is 18.4 Å². The number of benzene rings is 1. The minimum Gasteiger partial charge on any atom is -0.342 e. The van der Waals surface area contributed by atoms with Crippen molar-refractivity contribution in [3.8, 4) is 11.1 Å². The van der Waals surface area contributed by atoms with Gasteiger partial charge in [-0.2, -0.15) is 0 Å². The van der Waals surface area contributed by atoms with Crippen molar-refractivity contribution in [2.24, 2.45) is 11.8 Å². The van der Waals surface area contributed by atoms with E-state index in [0.29, 0.717) is 12.4 Å². The van der Waals surface area contributed by atoms with E-state index in [-0.39, 0.29) is 23.7 Å². The highest BCUT2D eigenvalue weighted by Gasteiger charge is 2.36. The second kappa shape index (κ2) is 7.28. The molecule has 1 aliphatic carbocycles. The van der Waals surface area contributed by atoms with Gasteiger partial charge in [-0.05, 0) is 43.4 Å². The van der Waals surface area contributed by atoms with Crippen LogP contribution in [0, 0.1) is 11.8 Å². The first kappa shape index (κ1) is 16.8. The van der Waals surface area contributed by atoms with Crippen LogP contribution in [0.2, 0.25) is 0 Å². The largest absolute Gasteiger partial charge is 0.342 e. The van der Waals surface area contributed by atoms with Crippen LogP contribution in [-0.2, 0) is 9.59 Å². The number of likely N-dealkylation sites (tertiary alicyclic amines) is 1. The second-order valence-electron chi connectivity index (χ2n) is 7.19. The molecule has 1 saturated carbocycles. The number of pyridine rings is 1. The molecular formula is C21H23N3O2. The SMILES string of the molecule is O=C(Nc1ccc(-c2ccccc2)cn1)C1CCCN(C(=O)C2CC2)C1. The molecule has 4 rings (SSSR count). The van der Waals surface area contributed by atoms with Crippen LogP contribution in [0.25, 0.3) is 11.1 Å². The average Bonchev–Trinajstić information content (AvgIpc) is 3.54. The normalized spacial score (nSPS) is 19.8. The Morgan fingerprint density at radius 2 is 1.77 bits per heavy atom. The Bertz CT molecular complexity index is 785. The van der Waals surface area contributed by atoms with Gasteiger partial charge in [-0.15, -0.1) is 0 Å². The first-order chi connectivity index (χ1) is 12.7. The molecule has 1 aromatic heterocycles. The fraction of sp³-hybridized carbons (Fsp3) is 0.381. The maximum atomic E-state index is 12.6. The molecule has 2 aliphatic rings. The van der Waals surface area contributed by atoms with Crippen LogP contribution >= 0.6 is 0 Å². The van der Waals surface area contributed by atoms with Crippen molar-refractivity contribution in [2.45, 2.75) is 25.7 Å². The number of hydrogen-bond donors (Lipinski definition) is 1. The van der Waals surface area contributed by atoms with E-state index in [4.69, 9.17) is 0 Å². The highest BCUT2D eigenvalue weighted by Crippen LogP contribution is 2.32. The molecule has 1 N–H and O–H groups in total. The highest BCUT2D eigenvalue weighted by molar-refractivity contribution is 5.92. The lowest BCUT2D eigenvalue weighted by atomic mass is 9.96. The molecule has 1 unspecified atom stereocenters. The third kappa shape index (κ3) is 3.77. The fourth-order valence-corrected chi connectivity index (χ4v) is 3.48. The van der Waals surface area contributed by atoms with E-state index in [9.17, 15) is 9.59 Å². The number of rotatable bonds is 4. The van der Waals surface area contributed by atoms with E-state index >= 15 is 0 Å². The van der Waals surface area contributed by atoms with E-state index in [2.05, 4.69) is 10.3 Å². The molecule has 1 aliphatic heterocycles. The Kier molecular flexibility index (Phi) is 4.69. The summed E-state index contributed by atoms with van der Waals surface area (Å²) in [5, 5.41) is 2.91. The third-order valence-electron chi connectivity index (χ3n) is 5.15. The van der Waals surface area contributed by atoms with E-state index in [1.165, 1.54) is 0 Å². The third-order valence-corrected chi connectivity index (χ3v) is 5.15. The zero-order valence-electron chi connectivity index (χ0n) is 14.7. The molecule has 2 heterocycles. The second-order valence-corrected chi connectivity index (χ2v) is 7.19. The molecule has 26 heavy (non-hydrogen) atoms. The van der Waals surface area contributed by atoms with Crippen molar-refractivity contribution in [3.05, 3.63) is 48.7 Å². The van der Waals surface area contributed by atoms with Crippen molar-refractivity contribution >= 4 is 17.6 Å². The van der Waals surface area contributed by atoms with Crippen LogP contribution in [0.1, 0.15) is 25.7 Å². The molecule has 5 nitrogen and oxygen atoms in total. The summed E-state index contributed by atoms with van der Waals surface area (Å²) >= 11 is 0. The Hall–Kier alpha value is -2.69. The molecule has 1 saturated heterocycles. The molecule has 0 radical (unpaired) electrons. The lowest BCUT2D eigenvalue weighted by molar-refractivity contribution is -0.135. The molecule has 0 bridgehead atoms. The predicted octanol–water partition coefficient (Wildman–Crippen LogP) is 3.34. The van der Waals surface area contributed by atoms with E-state index in [0.717, 1.165) is 43.4 Å². The molecule has 2 aromatic rings. The lowest BCUT2D eigenvalue weighted by Gasteiger charge is -2.32. The van der Waals surface area contributed by atoms with E-state index < -0.39 is 0 Å². The van der Waals surface area contributed by atoms with E-state index in [1.54, 1.807) is 6.20 Å². The first-order valence-electron chi connectivity index (χ1n) is 9.32. The topological polar surface area (TPSA) is 62.3 Å². The van der Waals surface area contributed by atoms with Gasteiger partial charge >= 0.3 is 0 Å². The minimum absolute atomic E-state index is 0.0433. The lowest BCUT2D eigenvalue weighted by Crippen LogP contribution is -2.44. The quantitative estimate of drug-likeness (QED) is 0.921. The maximum absolute atomic E-state index is 12.6. The predicted molar refractivity (Wildman–Crippen MR) is 100 cm³/mol. The Balaban J connectivity index is 1.37. The molecule has 1 atom stereocenters. The van der Waals surface area contributed by atoms with Crippen LogP contribution in [-0.4, -0.2) is 34.8 Å². The summed E-state index contributed by atoms with van der Waals surface area (Å²) in [6.07, 6.45) is 5.49. The van der Waals surface area contributed by atoms with Gasteiger partial charge in [0.05, 0.1) is 5.92 Å². The number of carbonyl (C=O) groups is 2. The van der Waals surface area contributed by atoms with Crippen LogP contribution in [0.4, 0.5) is 5.82 Å². The molecule has 134 valence electrons. The molecule has 0 spiro atoms. The minimum atomic E-state index is -0.151. The van der Waals surface area contributed by atoms with Crippen LogP contribution in [0.15, 0.2) is 48.7 Å². The van der Waals surface area contributed by atoms with Gasteiger partial charge in [-0.25, -0.2) is 4.98 Å². The van der Waals surface area contributed by atoms with Crippen LogP contribution in [0.5, 0.6) is 0 Å². The fourth-order valence-electron chi connectivity index (χ4n) is 3.48. The van der Waals surface area contributed by atoms with Gasteiger partial charge < -0.3 is 10.2 Å². The van der Waals surface area contributed by atoms with Crippen molar-refractivity contribution in [3.63, 3.8) is 0 Å². The van der Waals surface area contributed by atoms with Gasteiger partial charge in [0.2, 0.25) is 11.8 Å². The summed E-state index contributed by atoms with van der Waals surface area (Å²) in [5.74, 6) is 0.803. The summed E-state index contributed by atoms with van der Waals surface area (Å²) in [6, 6.07) is 13.8. The van der Waals surface area contributed by atoms with Crippen molar-refractivity contribution < 1.29 is 9.59 Å². The van der Waals surface area contributed by atoms with Gasteiger partial charge in [-0.3, -0.25) is 9.59 Å². The molecule has 1 aromatic carbocycles. The smallest absolute Gasteiger partial charge is 0.230 e. The zero-order valence-corrected chi connectivity index (χ0v) is 14.7. The zero-order chi connectivity index (χ0) is 17.9. The summed E-state index contributed by atoms with van der Waals surface area (Å²) < 4.78 is 0. The van der Waals surface area contributed by atoms with Gasteiger partial charge in [0, 0.05) is 30.8 Å². The number of nitrogens with one attached hydrogen (secondary N) is 1. The van der Waals surface area contributed by atoms with Gasteiger partial charge in [-0.1, -0.05) is 30.3 Å². The van der Waals surface area contributed by atoms with Gasteiger partial charge in [0.15, 0.2) is 0 Å². The molecule has 5 heteroatoms. The van der Waals surface area contributed by atoms with Gasteiger partial charge in [0.1, 0.15) is 5.82 Å². The molecule has 2 amide bonds. The Labute approximate surface area is 153 Å². The number of amides is 2. The van der Waals surface area contributed by atoms with Gasteiger partial charge in [0.25, 0.3) is 0 Å². The Morgan fingerprint density at radius 3 is 2.46 bits per heavy atom. The van der Waals surface area contributed by atoms with E-state index in [1.807, 2.05) is 47.4 Å². The highest BCUT2D eigenvalue weighted by atomic mass is 16.2. The number of carbonyl (C=O) groups excluding carboxylic acids is 2. The van der Waals surface area contributed by atoms with Crippen molar-refractivity contribution in [1.29, 1.82) is 0 Å². The molecule has 2 fully saturated rings.